The van der Waals surface area contributed by atoms with Gasteiger partial charge in [-0.3, -0.25) is 0 Å². The molecular weight excluding hydrogens is 278 g/mol. The predicted molar refractivity (Wildman–Crippen MR) is 86.7 cm³/mol. The number of hydrogen-bond donors (Lipinski definition) is 1. The van der Waals surface area contributed by atoms with Crippen LogP contribution in [0.25, 0.3) is 0 Å². The Balaban J connectivity index is 1.92. The van der Waals surface area contributed by atoms with Gasteiger partial charge in [0.2, 0.25) is 0 Å². The van der Waals surface area contributed by atoms with Crippen LogP contribution in [0.5, 0.6) is 17.2 Å². The van der Waals surface area contributed by atoms with Crippen LogP contribution in [-0.4, -0.2) is 27.9 Å². The Hall–Kier alpha value is -2.20. The maximum absolute atomic E-state index is 5.45. The van der Waals surface area contributed by atoms with Crippen molar-refractivity contribution in [2.75, 3.05) is 27.9 Å². The molecule has 0 aliphatic carbocycles. The highest BCUT2D eigenvalue weighted by Crippen LogP contribution is 2.29. The van der Waals surface area contributed by atoms with E-state index in [2.05, 4.69) is 17.4 Å². The van der Waals surface area contributed by atoms with Gasteiger partial charge in [-0.25, -0.2) is 0 Å². The lowest BCUT2D eigenvalue weighted by Gasteiger charge is -2.12. The van der Waals surface area contributed by atoms with Crippen LogP contribution < -0.4 is 19.5 Å². The third kappa shape index (κ3) is 3.92. The summed E-state index contributed by atoms with van der Waals surface area (Å²) in [5.41, 5.74) is 2.38. The first kappa shape index (κ1) is 16.2. The first-order valence-electron chi connectivity index (χ1n) is 7.43. The van der Waals surface area contributed by atoms with Gasteiger partial charge in [0.05, 0.1) is 33.4 Å². The quantitative estimate of drug-likeness (QED) is 0.759. The average Bonchev–Trinajstić information content (AvgIpc) is 2.58. The zero-order chi connectivity index (χ0) is 15.8. The summed E-state index contributed by atoms with van der Waals surface area (Å²) in [5.74, 6) is 2.55. The molecule has 0 unspecified atom stereocenters. The van der Waals surface area contributed by atoms with Gasteiger partial charge in [0, 0.05) is 6.42 Å². The van der Waals surface area contributed by atoms with E-state index >= 15 is 0 Å². The van der Waals surface area contributed by atoms with Crippen LogP contribution in [0.2, 0.25) is 0 Å². The van der Waals surface area contributed by atoms with Crippen molar-refractivity contribution in [1.82, 2.24) is 0 Å². The predicted octanol–water partition coefficient (Wildman–Crippen LogP) is 2.02. The lowest BCUT2D eigenvalue weighted by molar-refractivity contribution is -0.670. The summed E-state index contributed by atoms with van der Waals surface area (Å²) in [6.45, 7) is 1.84. The maximum atomic E-state index is 5.45. The van der Waals surface area contributed by atoms with Gasteiger partial charge in [-0.15, -0.1) is 0 Å². The molecule has 0 fully saturated rings. The number of methoxy groups -OCH3 is 3. The molecule has 2 aromatic rings. The normalized spacial score (nSPS) is 10.3. The highest BCUT2D eigenvalue weighted by atomic mass is 16.5. The maximum Gasteiger partial charge on any atom is 0.169 e. The number of ether oxygens (including phenoxy) is 3. The Kier molecular flexibility index (Phi) is 6.10. The van der Waals surface area contributed by atoms with E-state index < -0.39 is 0 Å². The van der Waals surface area contributed by atoms with Crippen molar-refractivity contribution in [1.29, 1.82) is 0 Å². The lowest BCUT2D eigenvalue weighted by Crippen LogP contribution is -2.83. The molecule has 118 valence electrons. The molecule has 2 N–H and O–H groups in total. The highest BCUT2D eigenvalue weighted by Gasteiger charge is 2.10. The van der Waals surface area contributed by atoms with Crippen molar-refractivity contribution >= 4 is 0 Å². The van der Waals surface area contributed by atoms with Crippen LogP contribution in [0.1, 0.15) is 11.1 Å². The van der Waals surface area contributed by atoms with Crippen LogP contribution in [0, 0.1) is 0 Å². The molecular formula is C18H24NO3+. The third-order valence-corrected chi connectivity index (χ3v) is 3.66. The smallest absolute Gasteiger partial charge is 0.169 e. The summed E-state index contributed by atoms with van der Waals surface area (Å²) in [7, 11) is 5.05. The minimum Gasteiger partial charge on any atom is -0.496 e. The lowest BCUT2D eigenvalue weighted by atomic mass is 10.1. The van der Waals surface area contributed by atoms with Crippen LogP contribution >= 0.6 is 0 Å². The van der Waals surface area contributed by atoms with Crippen LogP contribution in [0.3, 0.4) is 0 Å². The SMILES string of the molecule is COc1ccccc1CC[NH2+]Cc1cccc(OC)c1OC. The minimum atomic E-state index is 0.776. The van der Waals surface area contributed by atoms with Gasteiger partial charge in [-0.2, -0.15) is 0 Å². The Morgan fingerprint density at radius 1 is 0.773 bits per heavy atom. The van der Waals surface area contributed by atoms with Crippen molar-refractivity contribution < 1.29 is 19.5 Å². The highest BCUT2D eigenvalue weighted by molar-refractivity contribution is 5.46. The van der Waals surface area contributed by atoms with Crippen LogP contribution in [0.4, 0.5) is 0 Å². The van der Waals surface area contributed by atoms with Crippen molar-refractivity contribution in [2.45, 2.75) is 13.0 Å². The molecule has 22 heavy (non-hydrogen) atoms. The largest absolute Gasteiger partial charge is 0.496 e. The third-order valence-electron chi connectivity index (χ3n) is 3.66. The molecule has 0 bridgehead atoms. The summed E-state index contributed by atoms with van der Waals surface area (Å²) < 4.78 is 16.2. The second-order valence-corrected chi connectivity index (χ2v) is 5.00. The van der Waals surface area contributed by atoms with E-state index in [9.17, 15) is 0 Å². The molecule has 0 heterocycles. The molecule has 4 nitrogen and oxygen atoms in total. The molecule has 0 saturated heterocycles. The van der Waals surface area contributed by atoms with E-state index in [1.165, 1.54) is 5.56 Å². The van der Waals surface area contributed by atoms with E-state index in [0.29, 0.717) is 0 Å². The molecule has 0 atom stereocenters. The van der Waals surface area contributed by atoms with Crippen molar-refractivity contribution in [3.8, 4) is 17.2 Å². The number of nitrogens with two attached hydrogens (primary N) is 1. The van der Waals surface area contributed by atoms with Gasteiger partial charge in [-0.1, -0.05) is 24.3 Å². The van der Waals surface area contributed by atoms with Crippen molar-refractivity contribution in [3.63, 3.8) is 0 Å². The van der Waals surface area contributed by atoms with Gasteiger partial charge >= 0.3 is 0 Å². The standard InChI is InChI=1S/C18H23NO3/c1-20-16-9-5-4-7-14(16)11-12-19-13-15-8-6-10-17(21-2)18(15)22-3/h4-10,19H,11-13H2,1-3H3/p+1. The summed E-state index contributed by atoms with van der Waals surface area (Å²) >= 11 is 0. The van der Waals surface area contributed by atoms with E-state index in [4.69, 9.17) is 14.2 Å². The molecule has 4 heteroatoms. The molecule has 2 aromatic carbocycles. The summed E-state index contributed by atoms with van der Waals surface area (Å²) in [6.07, 6.45) is 0.969. The molecule has 2 rings (SSSR count). The van der Waals surface area contributed by atoms with E-state index in [0.717, 1.165) is 42.3 Å². The van der Waals surface area contributed by atoms with E-state index in [1.807, 2.05) is 30.3 Å². The molecule has 0 aliphatic heterocycles. The molecule has 0 radical (unpaired) electrons. The zero-order valence-corrected chi connectivity index (χ0v) is 13.5. The minimum absolute atomic E-state index is 0.776. The van der Waals surface area contributed by atoms with Gasteiger partial charge < -0.3 is 19.5 Å². The van der Waals surface area contributed by atoms with E-state index in [-0.39, 0.29) is 0 Å². The first-order valence-corrected chi connectivity index (χ1v) is 7.43. The zero-order valence-electron chi connectivity index (χ0n) is 13.5. The van der Waals surface area contributed by atoms with Crippen molar-refractivity contribution in [2.24, 2.45) is 0 Å². The number of benzene rings is 2. The fourth-order valence-electron chi connectivity index (χ4n) is 2.54. The Bertz CT molecular complexity index is 599. The molecule has 0 saturated carbocycles. The van der Waals surface area contributed by atoms with Crippen LogP contribution in [-0.2, 0) is 13.0 Å². The Labute approximate surface area is 132 Å². The monoisotopic (exact) mass is 302 g/mol. The fourth-order valence-corrected chi connectivity index (χ4v) is 2.54. The summed E-state index contributed by atoms with van der Waals surface area (Å²) in [4.78, 5) is 0. The van der Waals surface area contributed by atoms with Crippen molar-refractivity contribution in [3.05, 3.63) is 53.6 Å². The molecule has 0 aromatic heterocycles. The average molecular weight is 302 g/mol. The number of quaternary nitrogens is 1. The van der Waals surface area contributed by atoms with Crippen LogP contribution in [0.15, 0.2) is 42.5 Å². The van der Waals surface area contributed by atoms with Gasteiger partial charge in [-0.05, 0) is 23.8 Å². The molecule has 0 amide bonds. The molecule has 0 spiro atoms. The molecule has 0 aliphatic rings. The van der Waals surface area contributed by atoms with Gasteiger partial charge in [0.15, 0.2) is 11.5 Å². The Morgan fingerprint density at radius 3 is 2.18 bits per heavy atom. The van der Waals surface area contributed by atoms with E-state index in [1.54, 1.807) is 21.3 Å². The second-order valence-electron chi connectivity index (χ2n) is 5.00. The Morgan fingerprint density at radius 2 is 1.45 bits per heavy atom. The second kappa shape index (κ2) is 8.29. The topological polar surface area (TPSA) is 44.3 Å². The number of para-hydroxylation sites is 2. The summed E-state index contributed by atoms with van der Waals surface area (Å²) in [6, 6.07) is 14.1. The summed E-state index contributed by atoms with van der Waals surface area (Å²) in [5, 5.41) is 2.27. The van der Waals surface area contributed by atoms with Gasteiger partial charge in [0.25, 0.3) is 0 Å². The number of rotatable bonds is 8. The first-order chi connectivity index (χ1) is 10.8. The van der Waals surface area contributed by atoms with Gasteiger partial charge in [0.1, 0.15) is 12.3 Å². The fraction of sp³-hybridized carbons (Fsp3) is 0.333. The number of hydrogen-bond acceptors (Lipinski definition) is 3.